The van der Waals surface area contributed by atoms with Crippen molar-refractivity contribution in [3.8, 4) is 0 Å². The molecule has 2 aliphatic heterocycles. The maximum atomic E-state index is 12.0. The third-order valence-corrected chi connectivity index (χ3v) is 3.35. The molecule has 20 heavy (non-hydrogen) atoms. The van der Waals surface area contributed by atoms with Gasteiger partial charge in [-0.2, -0.15) is 0 Å². The molecule has 2 rings (SSSR count). The molecule has 2 heterocycles. The fourth-order valence-electron chi connectivity index (χ4n) is 2.38. The van der Waals surface area contributed by atoms with E-state index in [4.69, 9.17) is 14.6 Å². The first kappa shape index (κ1) is 14.9. The van der Waals surface area contributed by atoms with Crippen molar-refractivity contribution in [1.82, 2.24) is 4.90 Å². The first-order valence-electron chi connectivity index (χ1n) is 6.25. The fourth-order valence-corrected chi connectivity index (χ4v) is 2.38. The van der Waals surface area contributed by atoms with E-state index in [0.717, 1.165) is 4.90 Å². The summed E-state index contributed by atoms with van der Waals surface area (Å²) >= 11 is 0. The SMILES string of the molecule is C=CCOC(=O)N1C(C)=N[C@H]2O[C@H](CO)[C@@H](O)[C@H](O)[C@H]21. The Morgan fingerprint density at radius 1 is 1.55 bits per heavy atom. The zero-order valence-electron chi connectivity index (χ0n) is 11.0. The predicted molar refractivity (Wildman–Crippen MR) is 68.0 cm³/mol. The van der Waals surface area contributed by atoms with Crippen molar-refractivity contribution in [1.29, 1.82) is 0 Å². The minimum absolute atomic E-state index is 0.0266. The third-order valence-electron chi connectivity index (χ3n) is 3.35. The van der Waals surface area contributed by atoms with Crippen LogP contribution in [-0.4, -0.2) is 75.9 Å². The zero-order valence-corrected chi connectivity index (χ0v) is 11.0. The molecule has 0 aromatic heterocycles. The van der Waals surface area contributed by atoms with Gasteiger partial charge < -0.3 is 24.8 Å². The molecule has 5 atom stereocenters. The van der Waals surface area contributed by atoms with Crippen LogP contribution in [0.2, 0.25) is 0 Å². The second-order valence-corrected chi connectivity index (χ2v) is 4.63. The number of amides is 1. The third kappa shape index (κ3) is 2.42. The number of amidine groups is 1. The standard InChI is InChI=1S/C12H18N2O6/c1-3-4-19-12(18)14-6(2)13-11-8(14)10(17)9(16)7(5-15)20-11/h3,7-11,15-17H,1,4-5H2,2H3/t7-,8-,9-,10-,11+/m1/s1. The average molecular weight is 286 g/mol. The maximum Gasteiger partial charge on any atom is 0.416 e. The number of fused-ring (bicyclic) bond motifs is 1. The predicted octanol–water partition coefficient (Wildman–Crippen LogP) is -1.15. The molecule has 8 heteroatoms. The number of aliphatic hydroxyl groups excluding tert-OH is 3. The summed E-state index contributed by atoms with van der Waals surface area (Å²) in [7, 11) is 0. The van der Waals surface area contributed by atoms with Gasteiger partial charge >= 0.3 is 6.09 Å². The molecule has 8 nitrogen and oxygen atoms in total. The molecule has 0 unspecified atom stereocenters. The molecule has 112 valence electrons. The van der Waals surface area contributed by atoms with E-state index in [9.17, 15) is 15.0 Å². The lowest BCUT2D eigenvalue weighted by Crippen LogP contribution is -2.62. The van der Waals surface area contributed by atoms with Gasteiger partial charge in [-0.1, -0.05) is 12.7 Å². The highest BCUT2D eigenvalue weighted by molar-refractivity contribution is 5.96. The summed E-state index contributed by atoms with van der Waals surface area (Å²) in [5.41, 5.74) is 0. The van der Waals surface area contributed by atoms with E-state index in [1.165, 1.54) is 6.08 Å². The number of carbonyl (C=O) groups is 1. The van der Waals surface area contributed by atoms with Gasteiger partial charge in [-0.15, -0.1) is 0 Å². The molecule has 0 aliphatic carbocycles. The number of hydrogen-bond donors (Lipinski definition) is 3. The summed E-state index contributed by atoms with van der Waals surface area (Å²) in [6.45, 7) is 4.59. The molecule has 1 amide bonds. The fraction of sp³-hybridized carbons (Fsp3) is 0.667. The van der Waals surface area contributed by atoms with Crippen LogP contribution in [0.4, 0.5) is 4.79 Å². The molecule has 3 N–H and O–H groups in total. The molecule has 1 fully saturated rings. The van der Waals surface area contributed by atoms with Crippen LogP contribution in [0.15, 0.2) is 17.6 Å². The second-order valence-electron chi connectivity index (χ2n) is 4.63. The average Bonchev–Trinajstić information content (AvgIpc) is 2.76. The van der Waals surface area contributed by atoms with Crippen molar-refractivity contribution in [2.45, 2.75) is 37.5 Å². The first-order valence-corrected chi connectivity index (χ1v) is 6.25. The van der Waals surface area contributed by atoms with Crippen LogP contribution in [0.1, 0.15) is 6.92 Å². The number of rotatable bonds is 3. The topological polar surface area (TPSA) is 112 Å². The number of aliphatic imine (C=N–C) groups is 1. The zero-order chi connectivity index (χ0) is 14.9. The Morgan fingerprint density at radius 2 is 2.25 bits per heavy atom. The van der Waals surface area contributed by atoms with Gasteiger partial charge in [-0.25, -0.2) is 9.79 Å². The van der Waals surface area contributed by atoms with Crippen molar-refractivity contribution >= 4 is 11.9 Å². The molecule has 2 aliphatic rings. The minimum Gasteiger partial charge on any atom is -0.445 e. The van der Waals surface area contributed by atoms with Gasteiger partial charge in [-0.05, 0) is 6.92 Å². The molecule has 0 saturated carbocycles. The summed E-state index contributed by atoms with van der Waals surface area (Å²) in [5, 5.41) is 29.1. The highest BCUT2D eigenvalue weighted by Crippen LogP contribution is 2.31. The summed E-state index contributed by atoms with van der Waals surface area (Å²) in [6, 6.07) is -0.870. The molecular weight excluding hydrogens is 268 g/mol. The molecule has 0 radical (unpaired) electrons. The van der Waals surface area contributed by atoms with Gasteiger partial charge in [0.1, 0.15) is 36.8 Å². The lowest BCUT2D eigenvalue weighted by Gasteiger charge is -2.40. The quantitative estimate of drug-likeness (QED) is 0.565. The Balaban J connectivity index is 2.18. The van der Waals surface area contributed by atoms with Gasteiger partial charge in [0.05, 0.1) is 6.61 Å². The van der Waals surface area contributed by atoms with Crippen molar-refractivity contribution in [2.24, 2.45) is 4.99 Å². The van der Waals surface area contributed by atoms with Crippen molar-refractivity contribution in [2.75, 3.05) is 13.2 Å². The number of ether oxygens (including phenoxy) is 2. The second kappa shape index (κ2) is 5.88. The Labute approximate surface area is 115 Å². The van der Waals surface area contributed by atoms with Crippen molar-refractivity contribution in [3.63, 3.8) is 0 Å². The van der Waals surface area contributed by atoms with Crippen molar-refractivity contribution in [3.05, 3.63) is 12.7 Å². The van der Waals surface area contributed by atoms with E-state index < -0.39 is 43.3 Å². The van der Waals surface area contributed by atoms with E-state index in [1.54, 1.807) is 6.92 Å². The van der Waals surface area contributed by atoms with Crippen LogP contribution in [-0.2, 0) is 9.47 Å². The van der Waals surface area contributed by atoms with Gasteiger partial charge in [0.2, 0.25) is 0 Å². The number of nitrogens with zero attached hydrogens (tertiary/aromatic N) is 2. The van der Waals surface area contributed by atoms with Crippen LogP contribution in [0.3, 0.4) is 0 Å². The van der Waals surface area contributed by atoms with Gasteiger partial charge in [0.15, 0.2) is 6.23 Å². The monoisotopic (exact) mass is 286 g/mol. The first-order chi connectivity index (χ1) is 9.51. The highest BCUT2D eigenvalue weighted by Gasteiger charge is 2.52. The van der Waals surface area contributed by atoms with Crippen molar-refractivity contribution < 1.29 is 29.6 Å². The van der Waals surface area contributed by atoms with Gasteiger partial charge in [0.25, 0.3) is 0 Å². The highest BCUT2D eigenvalue weighted by atomic mass is 16.6. The lowest BCUT2D eigenvalue weighted by atomic mass is 9.96. The molecule has 0 bridgehead atoms. The molecule has 0 aromatic rings. The van der Waals surface area contributed by atoms with E-state index in [0.29, 0.717) is 5.84 Å². The van der Waals surface area contributed by atoms with Gasteiger partial charge in [0, 0.05) is 0 Å². The molecule has 1 saturated heterocycles. The Hall–Kier alpha value is -1.48. The van der Waals surface area contributed by atoms with Crippen LogP contribution >= 0.6 is 0 Å². The Bertz CT molecular complexity index is 426. The van der Waals surface area contributed by atoms with E-state index in [1.807, 2.05) is 0 Å². The maximum absolute atomic E-state index is 12.0. The van der Waals surface area contributed by atoms with E-state index in [-0.39, 0.29) is 6.61 Å². The number of carbonyl (C=O) groups excluding carboxylic acids is 1. The van der Waals surface area contributed by atoms with E-state index in [2.05, 4.69) is 11.6 Å². The van der Waals surface area contributed by atoms with Crippen LogP contribution < -0.4 is 0 Å². The Kier molecular flexibility index (Phi) is 4.39. The van der Waals surface area contributed by atoms with Gasteiger partial charge in [-0.3, -0.25) is 4.90 Å². The lowest BCUT2D eigenvalue weighted by molar-refractivity contribution is -0.196. The minimum atomic E-state index is -1.31. The van der Waals surface area contributed by atoms with Crippen LogP contribution in [0.25, 0.3) is 0 Å². The summed E-state index contributed by atoms with van der Waals surface area (Å²) in [4.78, 5) is 17.2. The number of aliphatic hydroxyl groups is 3. The van der Waals surface area contributed by atoms with Crippen LogP contribution in [0.5, 0.6) is 0 Å². The summed E-state index contributed by atoms with van der Waals surface area (Å²) in [6.07, 6.45) is -3.65. The molecule has 0 aromatic carbocycles. The Morgan fingerprint density at radius 3 is 2.85 bits per heavy atom. The molecular formula is C12H18N2O6. The van der Waals surface area contributed by atoms with E-state index >= 15 is 0 Å². The largest absolute Gasteiger partial charge is 0.445 e. The number of hydrogen-bond acceptors (Lipinski definition) is 7. The summed E-state index contributed by atoms with van der Waals surface area (Å²) < 4.78 is 10.3. The normalized spacial score (nSPS) is 36.3. The van der Waals surface area contributed by atoms with Crippen LogP contribution in [0, 0.1) is 0 Å². The smallest absolute Gasteiger partial charge is 0.416 e. The summed E-state index contributed by atoms with van der Waals surface area (Å²) in [5.74, 6) is 0.318. The molecule has 0 spiro atoms.